The first kappa shape index (κ1) is 23.5. The highest BCUT2D eigenvalue weighted by atomic mass is 33.1. The Hall–Kier alpha value is 0.500. The molecule has 0 saturated carbocycles. The summed E-state index contributed by atoms with van der Waals surface area (Å²) < 4.78 is 5.46. The van der Waals surface area contributed by atoms with E-state index in [0.717, 1.165) is 12.2 Å². The molecule has 1 fully saturated rings. The van der Waals surface area contributed by atoms with Crippen molar-refractivity contribution in [1.29, 1.82) is 0 Å². The molecule has 1 rings (SSSR count). The molecule has 0 aliphatic carbocycles. The Balaban J connectivity index is 1.99. The average Bonchev–Trinajstić information content (AvgIpc) is 2.62. The van der Waals surface area contributed by atoms with E-state index in [1.165, 1.54) is 68.6 Å². The van der Waals surface area contributed by atoms with Crippen molar-refractivity contribution in [3.05, 3.63) is 0 Å². The predicted molar refractivity (Wildman–Crippen MR) is 106 cm³/mol. The lowest BCUT2D eigenvalue weighted by Gasteiger charge is -2.39. The molecule has 4 N–H and O–H groups in total. The maximum absolute atomic E-state index is 9.95. The van der Waals surface area contributed by atoms with Crippen molar-refractivity contribution in [2.24, 2.45) is 0 Å². The number of unbranched alkanes of at least 4 members (excludes halogenated alkanes) is 9. The quantitative estimate of drug-likeness (QED) is 0.265. The van der Waals surface area contributed by atoms with Gasteiger partial charge in [0.25, 0.3) is 0 Å². The van der Waals surface area contributed by atoms with Gasteiger partial charge in [0.1, 0.15) is 29.9 Å². The minimum Gasteiger partial charge on any atom is -0.394 e. The van der Waals surface area contributed by atoms with Crippen molar-refractivity contribution in [2.75, 3.05) is 12.4 Å². The van der Waals surface area contributed by atoms with Crippen LogP contribution in [0.4, 0.5) is 0 Å². The normalized spacial score (nSPS) is 29.9. The molecular weight excluding hydrogens is 360 g/mol. The van der Waals surface area contributed by atoms with Gasteiger partial charge in [-0.25, -0.2) is 0 Å². The molecule has 0 spiro atoms. The van der Waals surface area contributed by atoms with Gasteiger partial charge in [0.05, 0.1) is 6.61 Å². The number of ether oxygens (including phenoxy) is 1. The Morgan fingerprint density at radius 1 is 0.760 bits per heavy atom. The molecule has 7 heteroatoms. The minimum atomic E-state index is -1.28. The van der Waals surface area contributed by atoms with Crippen LogP contribution in [0.15, 0.2) is 0 Å². The first-order valence-electron chi connectivity index (χ1n) is 9.70. The van der Waals surface area contributed by atoms with E-state index < -0.39 is 29.9 Å². The molecule has 0 aromatic heterocycles. The smallest absolute Gasteiger partial charge is 0.142 e. The van der Waals surface area contributed by atoms with Crippen LogP contribution in [-0.2, 0) is 4.74 Å². The third-order valence-corrected chi connectivity index (χ3v) is 7.24. The first-order valence-corrected chi connectivity index (χ1v) is 12.1. The third kappa shape index (κ3) is 9.31. The highest BCUT2D eigenvalue weighted by molar-refractivity contribution is 8.76. The summed E-state index contributed by atoms with van der Waals surface area (Å²) in [6, 6.07) is 0. The monoisotopic (exact) mass is 396 g/mol. The zero-order chi connectivity index (χ0) is 18.5. The second-order valence-electron chi connectivity index (χ2n) is 6.80. The van der Waals surface area contributed by atoms with Crippen LogP contribution in [0.3, 0.4) is 0 Å². The van der Waals surface area contributed by atoms with E-state index in [1.54, 1.807) is 10.8 Å². The molecule has 0 aromatic rings. The fraction of sp³-hybridized carbons (Fsp3) is 1.00. The van der Waals surface area contributed by atoms with Gasteiger partial charge in [-0.3, -0.25) is 0 Å². The minimum absolute atomic E-state index is 0.370. The van der Waals surface area contributed by atoms with Crippen LogP contribution in [0.1, 0.15) is 71.1 Å². The SMILES string of the molecule is CCCCCCCCCCCCSSC1O[C@H](CO)[C@@H](O)[C@H](O)[C@H]1O. The van der Waals surface area contributed by atoms with E-state index in [2.05, 4.69) is 6.92 Å². The summed E-state index contributed by atoms with van der Waals surface area (Å²) in [6.45, 7) is 1.87. The molecule has 5 atom stereocenters. The summed E-state index contributed by atoms with van der Waals surface area (Å²) in [5, 5.41) is 38.6. The standard InChI is InChI=1S/C18H36O5S2/c1-2-3-4-5-6-7-8-9-10-11-12-24-25-18-17(22)16(21)15(20)14(13-19)23-18/h14-22H,2-13H2,1H3/t14-,15-,16+,17-,18?/m1/s1. The van der Waals surface area contributed by atoms with Gasteiger partial charge >= 0.3 is 0 Å². The van der Waals surface area contributed by atoms with Gasteiger partial charge < -0.3 is 25.2 Å². The molecule has 5 nitrogen and oxygen atoms in total. The molecule has 1 heterocycles. The van der Waals surface area contributed by atoms with Crippen molar-refractivity contribution >= 4 is 21.6 Å². The van der Waals surface area contributed by atoms with Gasteiger partial charge in [0.2, 0.25) is 0 Å². The molecule has 1 aliphatic rings. The number of hydrogen-bond donors (Lipinski definition) is 4. The van der Waals surface area contributed by atoms with Crippen molar-refractivity contribution in [3.8, 4) is 0 Å². The van der Waals surface area contributed by atoms with E-state index in [0.29, 0.717) is 0 Å². The van der Waals surface area contributed by atoms with Gasteiger partial charge in [-0.2, -0.15) is 0 Å². The lowest BCUT2D eigenvalue weighted by atomic mass is 10.0. The van der Waals surface area contributed by atoms with Gasteiger partial charge in [0.15, 0.2) is 0 Å². The Bertz CT molecular complexity index is 320. The Kier molecular flexibility index (Phi) is 13.7. The Morgan fingerprint density at radius 2 is 1.32 bits per heavy atom. The molecule has 0 radical (unpaired) electrons. The van der Waals surface area contributed by atoms with E-state index in [1.807, 2.05) is 0 Å². The fourth-order valence-electron chi connectivity index (χ4n) is 2.91. The molecular formula is C18H36O5S2. The molecule has 150 valence electrons. The van der Waals surface area contributed by atoms with E-state index >= 15 is 0 Å². The third-order valence-electron chi connectivity index (χ3n) is 4.59. The highest BCUT2D eigenvalue weighted by Crippen LogP contribution is 2.36. The van der Waals surface area contributed by atoms with E-state index in [4.69, 9.17) is 9.84 Å². The molecule has 0 amide bonds. The lowest BCUT2D eigenvalue weighted by molar-refractivity contribution is -0.205. The summed E-state index contributed by atoms with van der Waals surface area (Å²) in [6.07, 6.45) is 8.57. The van der Waals surface area contributed by atoms with Gasteiger partial charge in [-0.15, -0.1) is 0 Å². The zero-order valence-electron chi connectivity index (χ0n) is 15.4. The zero-order valence-corrected chi connectivity index (χ0v) is 17.0. The van der Waals surface area contributed by atoms with Gasteiger partial charge in [-0.1, -0.05) is 86.3 Å². The second kappa shape index (κ2) is 14.5. The number of rotatable bonds is 14. The summed E-state index contributed by atoms with van der Waals surface area (Å²) in [5.41, 5.74) is -0.622. The van der Waals surface area contributed by atoms with Crippen molar-refractivity contribution < 1.29 is 25.2 Å². The first-order chi connectivity index (χ1) is 12.1. The number of hydrogen-bond acceptors (Lipinski definition) is 7. The van der Waals surface area contributed by atoms with E-state index in [9.17, 15) is 15.3 Å². The number of aliphatic hydroxyl groups is 4. The van der Waals surface area contributed by atoms with Crippen LogP contribution in [0.2, 0.25) is 0 Å². The summed E-state index contributed by atoms with van der Waals surface area (Å²) in [7, 11) is 2.99. The molecule has 1 unspecified atom stereocenters. The van der Waals surface area contributed by atoms with Crippen LogP contribution in [-0.4, -0.2) is 62.6 Å². The molecule has 25 heavy (non-hydrogen) atoms. The summed E-state index contributed by atoms with van der Waals surface area (Å²) in [5.74, 6) is 0.968. The maximum Gasteiger partial charge on any atom is 0.142 e. The molecule has 0 aromatic carbocycles. The number of aliphatic hydroxyl groups excluding tert-OH is 4. The van der Waals surface area contributed by atoms with Gasteiger partial charge in [0, 0.05) is 5.75 Å². The van der Waals surface area contributed by atoms with Crippen LogP contribution in [0.25, 0.3) is 0 Å². The van der Waals surface area contributed by atoms with Gasteiger partial charge in [-0.05, 0) is 6.42 Å². The van der Waals surface area contributed by atoms with Crippen molar-refractivity contribution in [1.82, 2.24) is 0 Å². The average molecular weight is 397 g/mol. The Labute approximate surface area is 160 Å². The van der Waals surface area contributed by atoms with Crippen molar-refractivity contribution in [2.45, 2.75) is 101 Å². The molecule has 1 saturated heterocycles. The predicted octanol–water partition coefficient (Wildman–Crippen LogP) is 3.09. The van der Waals surface area contributed by atoms with Crippen molar-refractivity contribution in [3.63, 3.8) is 0 Å². The highest BCUT2D eigenvalue weighted by Gasteiger charge is 2.43. The lowest BCUT2D eigenvalue weighted by Crippen LogP contribution is -2.57. The Morgan fingerprint density at radius 3 is 1.88 bits per heavy atom. The summed E-state index contributed by atoms with van der Waals surface area (Å²) in [4.78, 5) is 0. The van der Waals surface area contributed by atoms with Crippen LogP contribution in [0, 0.1) is 0 Å². The van der Waals surface area contributed by atoms with Crippen LogP contribution >= 0.6 is 21.6 Å². The maximum atomic E-state index is 9.95. The second-order valence-corrected chi connectivity index (χ2v) is 9.38. The fourth-order valence-corrected chi connectivity index (χ4v) is 5.45. The topological polar surface area (TPSA) is 90.2 Å². The van der Waals surface area contributed by atoms with Crippen LogP contribution in [0.5, 0.6) is 0 Å². The largest absolute Gasteiger partial charge is 0.394 e. The molecule has 0 bridgehead atoms. The summed E-state index contributed by atoms with van der Waals surface area (Å²) >= 11 is 0. The van der Waals surface area contributed by atoms with E-state index in [-0.39, 0.29) is 6.61 Å². The molecule has 1 aliphatic heterocycles. The van der Waals surface area contributed by atoms with Crippen LogP contribution < -0.4 is 0 Å².